The lowest BCUT2D eigenvalue weighted by Gasteiger charge is -2.34. The highest BCUT2D eigenvalue weighted by atomic mass is 32.2. The monoisotopic (exact) mass is 549 g/mol. The molecular formula is C29H31N3O4S2. The Kier molecular flexibility index (Phi) is 7.37. The third kappa shape index (κ3) is 5.37. The SMILES string of the molecule is Cc1cc2nc(N(Cc3ccccc3)C(=O)c3ccc(S(=O)(=O)N4CC(C)OC(C)C4)cc3)sc2cc1C. The largest absolute Gasteiger partial charge is 0.373 e. The number of hydrogen-bond donors (Lipinski definition) is 0. The van der Waals surface area contributed by atoms with E-state index < -0.39 is 10.0 Å². The van der Waals surface area contributed by atoms with Crippen LogP contribution in [0.3, 0.4) is 0 Å². The lowest BCUT2D eigenvalue weighted by atomic mass is 10.1. The fraction of sp³-hybridized carbons (Fsp3) is 0.310. The topological polar surface area (TPSA) is 79.8 Å². The first-order valence-electron chi connectivity index (χ1n) is 12.6. The first-order valence-corrected chi connectivity index (χ1v) is 14.9. The van der Waals surface area contributed by atoms with E-state index in [2.05, 4.69) is 19.9 Å². The van der Waals surface area contributed by atoms with Crippen molar-refractivity contribution in [2.75, 3.05) is 18.0 Å². The van der Waals surface area contributed by atoms with Crippen molar-refractivity contribution >= 4 is 42.6 Å². The van der Waals surface area contributed by atoms with Crippen LogP contribution >= 0.6 is 11.3 Å². The number of rotatable bonds is 6. The number of amides is 1. The number of thiazole rings is 1. The molecule has 1 aromatic heterocycles. The summed E-state index contributed by atoms with van der Waals surface area (Å²) in [6.45, 7) is 8.80. The molecule has 7 nitrogen and oxygen atoms in total. The minimum absolute atomic E-state index is 0.163. The molecule has 0 radical (unpaired) electrons. The fourth-order valence-corrected chi connectivity index (χ4v) is 7.31. The molecule has 0 aliphatic carbocycles. The summed E-state index contributed by atoms with van der Waals surface area (Å²) in [7, 11) is -3.70. The van der Waals surface area contributed by atoms with E-state index in [4.69, 9.17) is 9.72 Å². The van der Waals surface area contributed by atoms with Gasteiger partial charge in [-0.05, 0) is 80.8 Å². The molecule has 3 aromatic carbocycles. The van der Waals surface area contributed by atoms with E-state index >= 15 is 0 Å². The maximum Gasteiger partial charge on any atom is 0.260 e. The predicted molar refractivity (Wildman–Crippen MR) is 151 cm³/mol. The molecule has 5 rings (SSSR count). The third-order valence-electron chi connectivity index (χ3n) is 6.78. The maximum atomic E-state index is 13.8. The lowest BCUT2D eigenvalue weighted by molar-refractivity contribution is -0.0440. The van der Waals surface area contributed by atoms with Crippen LogP contribution in [0.15, 0.2) is 71.6 Å². The van der Waals surface area contributed by atoms with Crippen molar-refractivity contribution in [3.63, 3.8) is 0 Å². The zero-order valence-corrected chi connectivity index (χ0v) is 23.6. The van der Waals surface area contributed by atoms with Crippen LogP contribution in [0, 0.1) is 13.8 Å². The van der Waals surface area contributed by atoms with Crippen LogP contribution in [-0.4, -0.2) is 48.9 Å². The lowest BCUT2D eigenvalue weighted by Crippen LogP contribution is -2.48. The van der Waals surface area contributed by atoms with E-state index in [1.54, 1.807) is 17.0 Å². The quantitative estimate of drug-likeness (QED) is 0.315. The van der Waals surface area contributed by atoms with Crippen molar-refractivity contribution in [2.24, 2.45) is 0 Å². The van der Waals surface area contributed by atoms with Gasteiger partial charge in [0.15, 0.2) is 5.13 Å². The summed E-state index contributed by atoms with van der Waals surface area (Å²) in [6.07, 6.45) is -0.357. The average molecular weight is 550 g/mol. The number of aryl methyl sites for hydroxylation is 2. The fourth-order valence-electron chi connectivity index (χ4n) is 4.68. The standard InChI is InChI=1S/C29H31N3O4S2/c1-19-14-26-27(15-20(19)2)37-29(30-26)32(18-23-8-6-5-7-9-23)28(33)24-10-12-25(13-11-24)38(34,35)31-16-21(3)36-22(4)17-31/h5-15,21-22H,16-18H2,1-4H3. The van der Waals surface area contributed by atoms with Gasteiger partial charge in [-0.15, -0.1) is 0 Å². The molecule has 1 fully saturated rings. The molecular weight excluding hydrogens is 518 g/mol. The summed E-state index contributed by atoms with van der Waals surface area (Å²) >= 11 is 1.48. The molecule has 1 amide bonds. The normalized spacial score (nSPS) is 18.5. The number of fused-ring (bicyclic) bond motifs is 1. The van der Waals surface area contributed by atoms with Gasteiger partial charge >= 0.3 is 0 Å². The summed E-state index contributed by atoms with van der Waals surface area (Å²) in [5.74, 6) is -0.237. The first-order chi connectivity index (χ1) is 18.1. The molecule has 9 heteroatoms. The van der Waals surface area contributed by atoms with Crippen molar-refractivity contribution in [1.82, 2.24) is 9.29 Å². The van der Waals surface area contributed by atoms with E-state index in [0.717, 1.165) is 21.3 Å². The van der Waals surface area contributed by atoms with Crippen LogP contribution in [-0.2, 0) is 21.3 Å². The number of nitrogens with zero attached hydrogens (tertiary/aromatic N) is 3. The Balaban J connectivity index is 1.46. The van der Waals surface area contributed by atoms with Crippen molar-refractivity contribution in [3.05, 3.63) is 89.0 Å². The number of aromatic nitrogens is 1. The highest BCUT2D eigenvalue weighted by Crippen LogP contribution is 2.33. The van der Waals surface area contributed by atoms with Crippen molar-refractivity contribution in [2.45, 2.75) is 51.3 Å². The molecule has 1 saturated heterocycles. The molecule has 4 aromatic rings. The highest BCUT2D eigenvalue weighted by molar-refractivity contribution is 7.89. The van der Waals surface area contributed by atoms with E-state index in [1.165, 1.54) is 33.3 Å². The van der Waals surface area contributed by atoms with Gasteiger partial charge in [0.2, 0.25) is 10.0 Å². The van der Waals surface area contributed by atoms with E-state index in [1.807, 2.05) is 50.2 Å². The predicted octanol–water partition coefficient (Wildman–Crippen LogP) is 5.56. The van der Waals surface area contributed by atoms with Crippen LogP contribution in [0.1, 0.15) is 40.9 Å². The van der Waals surface area contributed by atoms with Gasteiger partial charge in [0, 0.05) is 18.7 Å². The molecule has 2 atom stereocenters. The molecule has 2 unspecified atom stereocenters. The molecule has 0 spiro atoms. The Labute approximate surface area is 227 Å². The van der Waals surface area contributed by atoms with Gasteiger partial charge in [-0.1, -0.05) is 41.7 Å². The van der Waals surface area contributed by atoms with Crippen LogP contribution in [0.5, 0.6) is 0 Å². The van der Waals surface area contributed by atoms with Gasteiger partial charge in [-0.3, -0.25) is 9.69 Å². The second kappa shape index (κ2) is 10.6. The summed E-state index contributed by atoms with van der Waals surface area (Å²) in [5, 5.41) is 0.604. The van der Waals surface area contributed by atoms with Crippen molar-refractivity contribution < 1.29 is 17.9 Å². The maximum absolute atomic E-state index is 13.8. The molecule has 38 heavy (non-hydrogen) atoms. The van der Waals surface area contributed by atoms with Gasteiger partial charge in [0.05, 0.1) is 33.9 Å². The van der Waals surface area contributed by atoms with E-state index in [-0.39, 0.29) is 23.0 Å². The Hall–Kier alpha value is -3.11. The number of hydrogen-bond acceptors (Lipinski definition) is 6. The van der Waals surface area contributed by atoms with Crippen LogP contribution < -0.4 is 4.90 Å². The molecule has 0 bridgehead atoms. The Morgan fingerprint density at radius 2 is 1.63 bits per heavy atom. The number of benzene rings is 3. The smallest absolute Gasteiger partial charge is 0.260 e. The van der Waals surface area contributed by atoms with Crippen LogP contribution in [0.25, 0.3) is 10.2 Å². The van der Waals surface area contributed by atoms with Crippen LogP contribution in [0.4, 0.5) is 5.13 Å². The number of ether oxygens (including phenoxy) is 1. The number of sulfonamides is 1. The number of anilines is 1. The first kappa shape index (κ1) is 26.5. The Morgan fingerprint density at radius 1 is 1.00 bits per heavy atom. The van der Waals surface area contributed by atoms with E-state index in [0.29, 0.717) is 30.3 Å². The molecule has 2 heterocycles. The summed E-state index contributed by atoms with van der Waals surface area (Å²) in [5.41, 5.74) is 4.55. The molecule has 198 valence electrons. The van der Waals surface area contributed by atoms with Gasteiger partial charge < -0.3 is 4.74 Å². The highest BCUT2D eigenvalue weighted by Gasteiger charge is 2.32. The summed E-state index contributed by atoms with van der Waals surface area (Å²) in [4.78, 5) is 20.5. The van der Waals surface area contributed by atoms with Gasteiger partial charge in [-0.25, -0.2) is 13.4 Å². The number of carbonyl (C=O) groups excluding carboxylic acids is 1. The summed E-state index contributed by atoms with van der Waals surface area (Å²) < 4.78 is 34.7. The van der Waals surface area contributed by atoms with Gasteiger partial charge in [0.25, 0.3) is 5.91 Å². The second-order valence-corrected chi connectivity index (χ2v) is 12.8. The molecule has 0 N–H and O–H groups in total. The number of carbonyl (C=O) groups is 1. The second-order valence-electron chi connectivity index (χ2n) is 9.88. The average Bonchev–Trinajstić information content (AvgIpc) is 3.29. The number of morpholine rings is 1. The summed E-state index contributed by atoms with van der Waals surface area (Å²) in [6, 6.07) is 20.1. The molecule has 1 aliphatic rings. The van der Waals surface area contributed by atoms with Gasteiger partial charge in [-0.2, -0.15) is 4.31 Å². The zero-order valence-electron chi connectivity index (χ0n) is 21.9. The Bertz CT molecular complexity index is 1520. The minimum Gasteiger partial charge on any atom is -0.373 e. The van der Waals surface area contributed by atoms with Crippen molar-refractivity contribution in [1.29, 1.82) is 0 Å². The zero-order chi connectivity index (χ0) is 27.0. The molecule has 0 saturated carbocycles. The van der Waals surface area contributed by atoms with Crippen LogP contribution in [0.2, 0.25) is 0 Å². The third-order valence-corrected chi connectivity index (χ3v) is 9.66. The van der Waals surface area contributed by atoms with Gasteiger partial charge in [0.1, 0.15) is 0 Å². The Morgan fingerprint density at radius 3 is 2.29 bits per heavy atom. The minimum atomic E-state index is -3.70. The van der Waals surface area contributed by atoms with Crippen molar-refractivity contribution in [3.8, 4) is 0 Å². The molecule has 1 aliphatic heterocycles. The van der Waals surface area contributed by atoms with E-state index in [9.17, 15) is 13.2 Å².